The van der Waals surface area contributed by atoms with E-state index in [1.54, 1.807) is 0 Å². The number of hydrogen-bond donors (Lipinski definition) is 0. The molecule has 0 heterocycles. The molecule has 1 aliphatic rings. The van der Waals surface area contributed by atoms with Crippen molar-refractivity contribution in [3.63, 3.8) is 0 Å². The van der Waals surface area contributed by atoms with Crippen LogP contribution in [0.5, 0.6) is 0 Å². The summed E-state index contributed by atoms with van der Waals surface area (Å²) in [6, 6.07) is 16.3. The first-order chi connectivity index (χ1) is 8.75. The van der Waals surface area contributed by atoms with Gasteiger partial charge in [-0.25, -0.2) is 0 Å². The molecule has 0 N–H and O–H groups in total. The second-order valence-electron chi connectivity index (χ2n) is 4.67. The summed E-state index contributed by atoms with van der Waals surface area (Å²) in [4.78, 5) is 12.0. The molecule has 0 amide bonds. The third-order valence-corrected chi connectivity index (χ3v) is 3.47. The molecule has 0 spiro atoms. The van der Waals surface area contributed by atoms with E-state index in [0.29, 0.717) is 0 Å². The van der Waals surface area contributed by atoms with Gasteiger partial charge in [0.15, 0.2) is 5.78 Å². The number of allylic oxidation sites excluding steroid dienone is 1. The van der Waals surface area contributed by atoms with Gasteiger partial charge in [0, 0.05) is 5.56 Å². The van der Waals surface area contributed by atoms with Crippen molar-refractivity contribution in [3.05, 3.63) is 71.8 Å². The lowest BCUT2D eigenvalue weighted by atomic mass is 9.86. The Labute approximate surface area is 107 Å². The van der Waals surface area contributed by atoms with E-state index in [4.69, 9.17) is 0 Å². The minimum Gasteiger partial charge on any atom is -0.289 e. The zero-order valence-corrected chi connectivity index (χ0v) is 10.1. The zero-order chi connectivity index (χ0) is 12.5. The Bertz CT molecular complexity index is 623. The van der Waals surface area contributed by atoms with E-state index in [2.05, 4.69) is 24.8 Å². The van der Waals surface area contributed by atoms with Gasteiger partial charge in [0.1, 0.15) is 0 Å². The first-order valence-electron chi connectivity index (χ1n) is 6.16. The Kier molecular flexibility index (Phi) is 2.60. The fraction of sp³-hybridized carbons (Fsp3) is 0.118. The van der Waals surface area contributed by atoms with Crippen LogP contribution in [0.25, 0.3) is 11.1 Å². The van der Waals surface area contributed by atoms with Crippen LogP contribution in [-0.2, 0) is 6.42 Å². The Hall–Kier alpha value is -2.15. The van der Waals surface area contributed by atoms with Gasteiger partial charge in [-0.2, -0.15) is 0 Å². The first-order valence-corrected chi connectivity index (χ1v) is 6.16. The maximum absolute atomic E-state index is 12.0. The molecule has 0 saturated carbocycles. The van der Waals surface area contributed by atoms with Crippen molar-refractivity contribution in [2.75, 3.05) is 0 Å². The van der Waals surface area contributed by atoms with Crippen molar-refractivity contribution in [3.8, 4) is 11.1 Å². The molecule has 0 unspecified atom stereocenters. The number of fused-ring (bicyclic) bond motifs is 1. The minimum atomic E-state index is 0.107. The second kappa shape index (κ2) is 4.26. The van der Waals surface area contributed by atoms with Crippen molar-refractivity contribution in [1.29, 1.82) is 0 Å². The van der Waals surface area contributed by atoms with Gasteiger partial charge in [-0.3, -0.25) is 4.79 Å². The average molecular weight is 234 g/mol. The van der Waals surface area contributed by atoms with Crippen molar-refractivity contribution < 1.29 is 4.79 Å². The lowest BCUT2D eigenvalue weighted by Gasteiger charge is -2.17. The predicted molar refractivity (Wildman–Crippen MR) is 73.7 cm³/mol. The van der Waals surface area contributed by atoms with Crippen LogP contribution in [0, 0.1) is 0 Å². The van der Waals surface area contributed by atoms with Crippen LogP contribution in [0.4, 0.5) is 0 Å². The molecule has 0 atom stereocenters. The smallest absolute Gasteiger partial charge is 0.188 e. The predicted octanol–water partition coefficient (Wildman–Crippen LogP) is 4.04. The fourth-order valence-electron chi connectivity index (χ4n) is 2.42. The summed E-state index contributed by atoms with van der Waals surface area (Å²) in [5.41, 5.74) is 5.07. The first kappa shape index (κ1) is 11.0. The number of ketones is 1. The number of carbonyl (C=O) groups excluding carboxylic acids is 1. The SMILES string of the molecule is C=C1CCc2cc(-c3ccccc3)ccc2C1=O. The fourth-order valence-corrected chi connectivity index (χ4v) is 2.42. The standard InChI is InChI=1S/C17H14O/c1-12-7-8-15-11-14(9-10-16(15)17(12)18)13-5-3-2-4-6-13/h2-6,9-11H,1,7-8H2. The summed E-state index contributed by atoms with van der Waals surface area (Å²) in [5, 5.41) is 0. The zero-order valence-electron chi connectivity index (χ0n) is 10.1. The number of benzene rings is 2. The molecule has 0 radical (unpaired) electrons. The van der Waals surface area contributed by atoms with Gasteiger partial charge in [0.25, 0.3) is 0 Å². The van der Waals surface area contributed by atoms with Crippen molar-refractivity contribution in [1.82, 2.24) is 0 Å². The quantitative estimate of drug-likeness (QED) is 0.680. The largest absolute Gasteiger partial charge is 0.289 e. The van der Waals surface area contributed by atoms with Crippen molar-refractivity contribution >= 4 is 5.78 Å². The van der Waals surface area contributed by atoms with Crippen LogP contribution in [0.3, 0.4) is 0 Å². The van der Waals surface area contributed by atoms with E-state index in [9.17, 15) is 4.79 Å². The van der Waals surface area contributed by atoms with Gasteiger partial charge >= 0.3 is 0 Å². The van der Waals surface area contributed by atoms with Gasteiger partial charge in [-0.15, -0.1) is 0 Å². The molecular weight excluding hydrogens is 220 g/mol. The summed E-state index contributed by atoms with van der Waals surface area (Å²) in [6.07, 6.45) is 1.70. The summed E-state index contributed by atoms with van der Waals surface area (Å²) in [7, 11) is 0. The van der Waals surface area contributed by atoms with Crippen LogP contribution in [0.15, 0.2) is 60.7 Å². The monoisotopic (exact) mass is 234 g/mol. The summed E-state index contributed by atoms with van der Waals surface area (Å²) < 4.78 is 0. The van der Waals surface area contributed by atoms with E-state index < -0.39 is 0 Å². The van der Waals surface area contributed by atoms with E-state index in [1.807, 2.05) is 30.3 Å². The maximum Gasteiger partial charge on any atom is 0.188 e. The highest BCUT2D eigenvalue weighted by atomic mass is 16.1. The van der Waals surface area contributed by atoms with Crippen LogP contribution < -0.4 is 0 Å². The lowest BCUT2D eigenvalue weighted by molar-refractivity contribution is 0.102. The third-order valence-electron chi connectivity index (χ3n) is 3.47. The molecule has 0 bridgehead atoms. The highest BCUT2D eigenvalue weighted by molar-refractivity contribution is 6.10. The van der Waals surface area contributed by atoms with Gasteiger partial charge in [-0.05, 0) is 35.1 Å². The molecule has 2 aromatic rings. The minimum absolute atomic E-state index is 0.107. The van der Waals surface area contributed by atoms with Crippen molar-refractivity contribution in [2.45, 2.75) is 12.8 Å². The van der Waals surface area contributed by atoms with Gasteiger partial charge < -0.3 is 0 Å². The molecule has 2 aromatic carbocycles. The van der Waals surface area contributed by atoms with E-state index in [0.717, 1.165) is 29.5 Å². The number of hydrogen-bond acceptors (Lipinski definition) is 1. The molecule has 1 aliphatic carbocycles. The number of carbonyl (C=O) groups is 1. The van der Waals surface area contributed by atoms with Gasteiger partial charge in [0.05, 0.1) is 0 Å². The average Bonchev–Trinajstić information content (AvgIpc) is 2.44. The molecule has 1 nitrogen and oxygen atoms in total. The number of rotatable bonds is 1. The van der Waals surface area contributed by atoms with Crippen LogP contribution in [-0.4, -0.2) is 5.78 Å². The van der Waals surface area contributed by atoms with E-state index in [1.165, 1.54) is 11.1 Å². The molecule has 0 aromatic heterocycles. The molecule has 0 saturated heterocycles. The summed E-state index contributed by atoms with van der Waals surface area (Å²) in [5.74, 6) is 0.107. The number of Topliss-reactive ketones (excluding diaryl/α,β-unsaturated/α-hetero) is 1. The number of aryl methyl sites for hydroxylation is 1. The highest BCUT2D eigenvalue weighted by Gasteiger charge is 2.20. The summed E-state index contributed by atoms with van der Waals surface area (Å²) in [6.45, 7) is 3.83. The highest BCUT2D eigenvalue weighted by Crippen LogP contribution is 2.28. The molecule has 0 aliphatic heterocycles. The van der Waals surface area contributed by atoms with Gasteiger partial charge in [0.2, 0.25) is 0 Å². The van der Waals surface area contributed by atoms with E-state index in [-0.39, 0.29) is 5.78 Å². The van der Waals surface area contributed by atoms with Crippen LogP contribution in [0.1, 0.15) is 22.3 Å². The maximum atomic E-state index is 12.0. The van der Waals surface area contributed by atoms with Crippen LogP contribution >= 0.6 is 0 Å². The molecule has 18 heavy (non-hydrogen) atoms. The Morgan fingerprint density at radius 1 is 0.889 bits per heavy atom. The molecule has 0 fully saturated rings. The Balaban J connectivity index is 2.08. The second-order valence-corrected chi connectivity index (χ2v) is 4.67. The molecular formula is C17H14O. The lowest BCUT2D eigenvalue weighted by Crippen LogP contribution is -2.13. The Morgan fingerprint density at radius 3 is 2.44 bits per heavy atom. The Morgan fingerprint density at radius 2 is 1.67 bits per heavy atom. The van der Waals surface area contributed by atoms with E-state index >= 15 is 0 Å². The van der Waals surface area contributed by atoms with Crippen LogP contribution in [0.2, 0.25) is 0 Å². The molecule has 3 rings (SSSR count). The van der Waals surface area contributed by atoms with Gasteiger partial charge in [-0.1, -0.05) is 55.1 Å². The molecule has 1 heteroatoms. The summed E-state index contributed by atoms with van der Waals surface area (Å²) >= 11 is 0. The normalized spacial score (nSPS) is 14.4. The molecule has 88 valence electrons. The van der Waals surface area contributed by atoms with Crippen molar-refractivity contribution in [2.24, 2.45) is 0 Å². The topological polar surface area (TPSA) is 17.1 Å². The third kappa shape index (κ3) is 1.78.